The molecule has 0 unspecified atom stereocenters. The minimum absolute atomic E-state index is 0.573. The Hall–Kier alpha value is -0.910. The van der Waals surface area contributed by atoms with Gasteiger partial charge < -0.3 is 11.1 Å². The van der Waals surface area contributed by atoms with Gasteiger partial charge >= 0.3 is 0 Å². The maximum atomic E-state index is 5.53. The summed E-state index contributed by atoms with van der Waals surface area (Å²) in [4.78, 5) is 6.83. The van der Waals surface area contributed by atoms with Gasteiger partial charge in [-0.3, -0.25) is 0 Å². The van der Waals surface area contributed by atoms with Crippen LogP contribution in [0.3, 0.4) is 0 Å². The van der Waals surface area contributed by atoms with E-state index in [1.165, 1.54) is 10.4 Å². The zero-order valence-corrected chi connectivity index (χ0v) is 10.8. The molecule has 0 saturated heterocycles. The average Bonchev–Trinajstić information content (AvgIpc) is 2.89. The van der Waals surface area contributed by atoms with Crippen LogP contribution in [0.4, 0.5) is 5.13 Å². The van der Waals surface area contributed by atoms with Gasteiger partial charge in [-0.2, -0.15) is 0 Å². The van der Waals surface area contributed by atoms with Crippen molar-refractivity contribution in [3.8, 4) is 0 Å². The third-order valence-electron chi connectivity index (χ3n) is 2.35. The van der Waals surface area contributed by atoms with Crippen molar-refractivity contribution in [2.45, 2.75) is 19.9 Å². The molecule has 0 atom stereocenters. The highest BCUT2D eigenvalue weighted by molar-refractivity contribution is 7.15. The fourth-order valence-electron chi connectivity index (χ4n) is 1.43. The summed E-state index contributed by atoms with van der Waals surface area (Å²) in [6, 6.07) is 2.16. The highest BCUT2D eigenvalue weighted by Gasteiger charge is 2.02. The van der Waals surface area contributed by atoms with Crippen LogP contribution in [0.1, 0.15) is 15.3 Å². The Bertz CT molecular complexity index is 448. The molecule has 2 aromatic rings. The highest BCUT2D eigenvalue weighted by atomic mass is 32.1. The number of rotatable bonds is 5. The van der Waals surface area contributed by atoms with Gasteiger partial charge in [0.1, 0.15) is 0 Å². The van der Waals surface area contributed by atoms with E-state index in [9.17, 15) is 0 Å². The van der Waals surface area contributed by atoms with Crippen molar-refractivity contribution in [1.29, 1.82) is 0 Å². The summed E-state index contributed by atoms with van der Waals surface area (Å²) in [5.74, 6) is 0. The van der Waals surface area contributed by atoms with E-state index in [1.54, 1.807) is 11.3 Å². The van der Waals surface area contributed by atoms with Crippen molar-refractivity contribution in [2.24, 2.45) is 5.73 Å². The van der Waals surface area contributed by atoms with Gasteiger partial charge in [0.25, 0.3) is 0 Å². The molecule has 86 valence electrons. The molecule has 0 spiro atoms. The second kappa shape index (κ2) is 5.43. The normalized spacial score (nSPS) is 10.6. The zero-order valence-electron chi connectivity index (χ0n) is 9.19. The number of aryl methyl sites for hydroxylation is 1. The summed E-state index contributed by atoms with van der Waals surface area (Å²) >= 11 is 3.45. The van der Waals surface area contributed by atoms with Crippen LogP contribution >= 0.6 is 22.7 Å². The third-order valence-corrected chi connectivity index (χ3v) is 4.41. The average molecular weight is 253 g/mol. The van der Waals surface area contributed by atoms with E-state index in [0.29, 0.717) is 6.54 Å². The number of anilines is 1. The number of nitrogens with two attached hydrogens (primary N) is 1. The maximum Gasteiger partial charge on any atom is 0.182 e. The number of aromatic nitrogens is 1. The molecule has 16 heavy (non-hydrogen) atoms. The molecule has 0 radical (unpaired) electrons. The maximum absolute atomic E-state index is 5.53. The lowest BCUT2D eigenvalue weighted by Crippen LogP contribution is -2.03. The highest BCUT2D eigenvalue weighted by Crippen LogP contribution is 2.19. The van der Waals surface area contributed by atoms with Crippen molar-refractivity contribution >= 4 is 27.8 Å². The summed E-state index contributed by atoms with van der Waals surface area (Å²) in [5, 5.41) is 6.43. The Morgan fingerprint density at radius 2 is 2.38 bits per heavy atom. The third kappa shape index (κ3) is 2.81. The molecule has 3 nitrogen and oxygen atoms in total. The summed E-state index contributed by atoms with van der Waals surface area (Å²) < 4.78 is 0. The topological polar surface area (TPSA) is 50.9 Å². The van der Waals surface area contributed by atoms with Gasteiger partial charge in [0.2, 0.25) is 0 Å². The summed E-state index contributed by atoms with van der Waals surface area (Å²) in [6.45, 7) is 3.66. The molecule has 0 aliphatic carbocycles. The van der Waals surface area contributed by atoms with Crippen LogP contribution in [0.5, 0.6) is 0 Å². The summed E-state index contributed by atoms with van der Waals surface area (Å²) in [7, 11) is 0. The van der Waals surface area contributed by atoms with Crippen LogP contribution in [0.2, 0.25) is 0 Å². The minimum Gasteiger partial charge on any atom is -0.361 e. The molecular weight excluding hydrogens is 238 g/mol. The molecule has 5 heteroatoms. The van der Waals surface area contributed by atoms with Gasteiger partial charge in [-0.05, 0) is 30.4 Å². The molecule has 0 saturated carbocycles. The van der Waals surface area contributed by atoms with Gasteiger partial charge in [-0.1, -0.05) is 0 Å². The lowest BCUT2D eigenvalue weighted by atomic mass is 10.2. The summed E-state index contributed by atoms with van der Waals surface area (Å²) in [5.41, 5.74) is 6.92. The molecule has 0 aliphatic rings. The predicted molar refractivity (Wildman–Crippen MR) is 71.3 cm³/mol. The summed E-state index contributed by atoms with van der Waals surface area (Å²) in [6.07, 6.45) is 2.89. The first-order valence-electron chi connectivity index (χ1n) is 5.21. The molecule has 0 bridgehead atoms. The second-order valence-electron chi connectivity index (χ2n) is 3.54. The van der Waals surface area contributed by atoms with Crippen molar-refractivity contribution < 1.29 is 0 Å². The van der Waals surface area contributed by atoms with Gasteiger partial charge in [-0.25, -0.2) is 4.98 Å². The lowest BCUT2D eigenvalue weighted by molar-refractivity contribution is 1.03. The van der Waals surface area contributed by atoms with Crippen LogP contribution in [-0.2, 0) is 13.0 Å². The Morgan fingerprint density at radius 3 is 3.00 bits per heavy atom. The first-order valence-corrected chi connectivity index (χ1v) is 6.91. The Morgan fingerprint density at radius 1 is 1.50 bits per heavy atom. The van der Waals surface area contributed by atoms with E-state index >= 15 is 0 Å². The minimum atomic E-state index is 0.573. The van der Waals surface area contributed by atoms with E-state index < -0.39 is 0 Å². The van der Waals surface area contributed by atoms with E-state index in [2.05, 4.69) is 28.7 Å². The van der Waals surface area contributed by atoms with Gasteiger partial charge in [0.05, 0.1) is 0 Å². The first-order chi connectivity index (χ1) is 7.79. The molecule has 0 aromatic carbocycles. The van der Waals surface area contributed by atoms with E-state index in [-0.39, 0.29) is 0 Å². The largest absolute Gasteiger partial charge is 0.361 e. The Balaban J connectivity index is 1.82. The van der Waals surface area contributed by atoms with E-state index in [0.717, 1.165) is 23.0 Å². The number of nitrogens with one attached hydrogen (secondary N) is 1. The molecule has 2 aromatic heterocycles. The lowest BCUT2D eigenvalue weighted by Gasteiger charge is -2.01. The number of hydrogen-bond donors (Lipinski definition) is 2. The smallest absolute Gasteiger partial charge is 0.182 e. The van der Waals surface area contributed by atoms with Crippen LogP contribution < -0.4 is 11.1 Å². The van der Waals surface area contributed by atoms with Gasteiger partial charge in [0.15, 0.2) is 5.13 Å². The molecular formula is C11H15N3S2. The molecule has 0 aliphatic heterocycles. The van der Waals surface area contributed by atoms with Crippen molar-refractivity contribution in [3.63, 3.8) is 0 Å². The molecule has 3 N–H and O–H groups in total. The second-order valence-corrected chi connectivity index (χ2v) is 5.66. The fraction of sp³-hybridized carbons (Fsp3) is 0.364. The quantitative estimate of drug-likeness (QED) is 0.861. The standard InChI is InChI=1S/C11H15N3S2/c1-8-3-5-15-10(8)2-4-13-11-14-7-9(6-12)16-11/h3,5,7H,2,4,6,12H2,1H3,(H,13,14). The zero-order chi connectivity index (χ0) is 11.4. The van der Waals surface area contributed by atoms with Crippen molar-refractivity contribution in [2.75, 3.05) is 11.9 Å². The molecule has 0 fully saturated rings. The predicted octanol–water partition coefficient (Wildman–Crippen LogP) is 2.63. The van der Waals surface area contributed by atoms with Gasteiger partial charge in [0, 0.05) is 29.0 Å². The fourth-order valence-corrected chi connectivity index (χ4v) is 3.05. The van der Waals surface area contributed by atoms with Crippen LogP contribution in [0, 0.1) is 6.92 Å². The van der Waals surface area contributed by atoms with Crippen LogP contribution in [0.15, 0.2) is 17.6 Å². The van der Waals surface area contributed by atoms with Crippen LogP contribution in [0.25, 0.3) is 0 Å². The van der Waals surface area contributed by atoms with Crippen LogP contribution in [-0.4, -0.2) is 11.5 Å². The molecule has 0 amide bonds. The molecule has 2 heterocycles. The SMILES string of the molecule is Cc1ccsc1CCNc1ncc(CN)s1. The van der Waals surface area contributed by atoms with E-state index in [4.69, 9.17) is 5.73 Å². The number of thiophene rings is 1. The monoisotopic (exact) mass is 253 g/mol. The van der Waals surface area contributed by atoms with Gasteiger partial charge in [-0.15, -0.1) is 22.7 Å². The number of thiazole rings is 1. The number of nitrogens with zero attached hydrogens (tertiary/aromatic N) is 1. The Kier molecular flexibility index (Phi) is 3.93. The number of hydrogen-bond acceptors (Lipinski definition) is 5. The first kappa shape index (κ1) is 11.6. The van der Waals surface area contributed by atoms with Crippen molar-refractivity contribution in [1.82, 2.24) is 4.98 Å². The molecule has 2 rings (SSSR count). The van der Waals surface area contributed by atoms with Crippen molar-refractivity contribution in [3.05, 3.63) is 33.0 Å². The van der Waals surface area contributed by atoms with E-state index in [1.807, 2.05) is 17.5 Å². The Labute approximate surface area is 103 Å².